The first-order chi connectivity index (χ1) is 18.3. The van der Waals surface area contributed by atoms with Crippen molar-refractivity contribution in [3.63, 3.8) is 0 Å². The maximum Gasteiger partial charge on any atom is 0.344 e. The molecule has 0 heterocycles. The normalized spacial score (nSPS) is 10.9. The molecule has 0 spiro atoms. The molecule has 4 aromatic carbocycles. The lowest BCUT2D eigenvalue weighted by molar-refractivity contribution is -0.384. The van der Waals surface area contributed by atoms with Crippen LogP contribution in [0.3, 0.4) is 0 Å². The molecule has 4 aromatic rings. The van der Waals surface area contributed by atoms with Crippen molar-refractivity contribution >= 4 is 40.1 Å². The lowest BCUT2D eigenvalue weighted by atomic mass is 10.0. The number of hydrogen-bond donors (Lipinski definition) is 1. The molecule has 0 saturated heterocycles. The van der Waals surface area contributed by atoms with Crippen LogP contribution >= 0.6 is 0 Å². The molecule has 0 unspecified atom stereocenters. The highest BCUT2D eigenvalue weighted by atomic mass is 16.6. The Balaban J connectivity index is 1.60. The van der Waals surface area contributed by atoms with E-state index >= 15 is 0 Å². The van der Waals surface area contributed by atoms with E-state index in [9.17, 15) is 25.0 Å². The molecular formula is C29H21N3O6. The zero-order valence-electron chi connectivity index (χ0n) is 20.4. The van der Waals surface area contributed by atoms with Crippen molar-refractivity contribution in [3.05, 3.63) is 111 Å². The number of nitrogens with zero attached hydrogens (tertiary/aromatic N) is 2. The largest absolute Gasteiger partial charge is 0.493 e. The number of non-ortho nitro benzene ring substituents is 1. The van der Waals surface area contributed by atoms with Gasteiger partial charge in [0, 0.05) is 17.8 Å². The SMILES string of the molecule is COc1ccc(/C=C(\C#N)C(=O)Nc2ccc([N+](=O)[O-])cc2C)cc1OC(=O)c1cccc2ccccc12. The molecular weight excluding hydrogens is 486 g/mol. The number of nitro benzene ring substituents is 1. The topological polar surface area (TPSA) is 132 Å². The fraction of sp³-hybridized carbons (Fsp3) is 0.0690. The van der Waals surface area contributed by atoms with Gasteiger partial charge in [-0.3, -0.25) is 14.9 Å². The molecule has 0 bridgehead atoms. The van der Waals surface area contributed by atoms with E-state index in [1.54, 1.807) is 31.2 Å². The van der Waals surface area contributed by atoms with Crippen molar-refractivity contribution in [2.45, 2.75) is 6.92 Å². The molecule has 1 amide bonds. The van der Waals surface area contributed by atoms with E-state index < -0.39 is 16.8 Å². The van der Waals surface area contributed by atoms with Crippen molar-refractivity contribution in [3.8, 4) is 17.6 Å². The number of fused-ring (bicyclic) bond motifs is 1. The minimum absolute atomic E-state index is 0.111. The van der Waals surface area contributed by atoms with Gasteiger partial charge in [-0.25, -0.2) is 4.79 Å². The third-order valence-electron chi connectivity index (χ3n) is 5.74. The first-order valence-corrected chi connectivity index (χ1v) is 11.4. The summed E-state index contributed by atoms with van der Waals surface area (Å²) >= 11 is 0. The number of methoxy groups -OCH3 is 1. The molecule has 1 N–H and O–H groups in total. The standard InChI is InChI=1S/C29H21N3O6/c1-18-14-22(32(35)36)11-12-25(18)31-28(33)21(17-30)15-19-10-13-26(37-2)27(16-19)38-29(34)24-9-5-7-20-6-3-4-8-23(20)24/h3-16H,1-2H3,(H,31,33)/b21-15+. The van der Waals surface area contributed by atoms with Gasteiger partial charge in [-0.2, -0.15) is 5.26 Å². The molecule has 9 heteroatoms. The number of carbonyl (C=O) groups is 2. The minimum Gasteiger partial charge on any atom is -0.493 e. The predicted octanol–water partition coefficient (Wildman–Crippen LogP) is 5.83. The molecule has 0 aliphatic heterocycles. The van der Waals surface area contributed by atoms with Gasteiger partial charge >= 0.3 is 5.97 Å². The highest BCUT2D eigenvalue weighted by Crippen LogP contribution is 2.31. The summed E-state index contributed by atoms with van der Waals surface area (Å²) in [5.74, 6) is -0.883. The number of ether oxygens (including phenoxy) is 2. The number of anilines is 1. The number of nitriles is 1. The van der Waals surface area contributed by atoms with Gasteiger partial charge in [0.05, 0.1) is 17.6 Å². The van der Waals surface area contributed by atoms with Crippen LogP contribution in [-0.2, 0) is 4.79 Å². The van der Waals surface area contributed by atoms with Gasteiger partial charge in [-0.15, -0.1) is 0 Å². The van der Waals surface area contributed by atoms with Crippen LogP contribution in [0.2, 0.25) is 0 Å². The van der Waals surface area contributed by atoms with Crippen molar-refractivity contribution in [1.29, 1.82) is 5.26 Å². The molecule has 0 fully saturated rings. The Morgan fingerprint density at radius 2 is 1.76 bits per heavy atom. The minimum atomic E-state index is -0.699. The molecule has 4 rings (SSSR count). The third-order valence-corrected chi connectivity index (χ3v) is 5.74. The summed E-state index contributed by atoms with van der Waals surface area (Å²) in [7, 11) is 1.43. The maximum atomic E-state index is 13.0. The lowest BCUT2D eigenvalue weighted by Gasteiger charge is -2.12. The van der Waals surface area contributed by atoms with Gasteiger partial charge < -0.3 is 14.8 Å². The number of carbonyl (C=O) groups excluding carboxylic acids is 2. The molecule has 0 saturated carbocycles. The van der Waals surface area contributed by atoms with Gasteiger partial charge in [0.2, 0.25) is 0 Å². The van der Waals surface area contributed by atoms with Crippen molar-refractivity contribution in [2.24, 2.45) is 0 Å². The fourth-order valence-corrected chi connectivity index (χ4v) is 3.83. The summed E-state index contributed by atoms with van der Waals surface area (Å²) in [6.45, 7) is 1.61. The molecule has 0 aromatic heterocycles. The lowest BCUT2D eigenvalue weighted by Crippen LogP contribution is -2.14. The van der Waals surface area contributed by atoms with Crippen LogP contribution in [-0.4, -0.2) is 23.9 Å². The van der Waals surface area contributed by atoms with Crippen LogP contribution in [0, 0.1) is 28.4 Å². The van der Waals surface area contributed by atoms with E-state index in [0.29, 0.717) is 28.1 Å². The van der Waals surface area contributed by atoms with Gasteiger partial charge in [-0.1, -0.05) is 42.5 Å². The number of nitro groups is 1. The quantitative estimate of drug-likeness (QED) is 0.0831. The number of amides is 1. The second kappa shape index (κ2) is 11.1. The van der Waals surface area contributed by atoms with Crippen molar-refractivity contribution in [2.75, 3.05) is 12.4 Å². The molecule has 0 aliphatic rings. The monoisotopic (exact) mass is 507 g/mol. The number of aryl methyl sites for hydroxylation is 1. The molecule has 188 valence electrons. The number of rotatable bonds is 7. The first kappa shape index (κ1) is 25.6. The molecule has 0 atom stereocenters. The highest BCUT2D eigenvalue weighted by molar-refractivity contribution is 6.10. The van der Waals surface area contributed by atoms with Crippen LogP contribution in [0.25, 0.3) is 16.8 Å². The second-order valence-corrected chi connectivity index (χ2v) is 8.21. The Bertz CT molecular complexity index is 1650. The average Bonchev–Trinajstić information content (AvgIpc) is 2.92. The van der Waals surface area contributed by atoms with E-state index in [4.69, 9.17) is 9.47 Å². The molecule has 9 nitrogen and oxygen atoms in total. The zero-order valence-corrected chi connectivity index (χ0v) is 20.4. The van der Waals surface area contributed by atoms with E-state index in [1.807, 2.05) is 36.4 Å². The molecule has 0 aliphatic carbocycles. The van der Waals surface area contributed by atoms with Crippen LogP contribution in [0.5, 0.6) is 11.5 Å². The summed E-state index contributed by atoms with van der Waals surface area (Å²) < 4.78 is 11.0. The Kier molecular flexibility index (Phi) is 7.45. The number of hydrogen-bond acceptors (Lipinski definition) is 7. The Hall–Kier alpha value is -5.49. The van der Waals surface area contributed by atoms with Gasteiger partial charge in [0.1, 0.15) is 11.6 Å². The Morgan fingerprint density at radius 1 is 1.00 bits per heavy atom. The Labute approximate surface area is 217 Å². The van der Waals surface area contributed by atoms with E-state index in [0.717, 1.165) is 10.8 Å². The van der Waals surface area contributed by atoms with Gasteiger partial charge in [0.15, 0.2) is 11.5 Å². The number of benzene rings is 4. The predicted molar refractivity (Wildman–Crippen MR) is 142 cm³/mol. The molecule has 38 heavy (non-hydrogen) atoms. The second-order valence-electron chi connectivity index (χ2n) is 8.21. The summed E-state index contributed by atoms with van der Waals surface area (Å²) in [5, 5.41) is 24.8. The summed E-state index contributed by atoms with van der Waals surface area (Å²) in [6.07, 6.45) is 1.34. The van der Waals surface area contributed by atoms with Gasteiger partial charge in [-0.05, 0) is 59.2 Å². The number of nitrogens with one attached hydrogen (secondary N) is 1. The average molecular weight is 508 g/mol. The van der Waals surface area contributed by atoms with Crippen molar-refractivity contribution in [1.82, 2.24) is 0 Å². The fourth-order valence-electron chi connectivity index (χ4n) is 3.83. The number of esters is 1. The smallest absolute Gasteiger partial charge is 0.344 e. The zero-order chi connectivity index (χ0) is 27.2. The van der Waals surface area contributed by atoms with E-state index in [2.05, 4.69) is 5.32 Å². The van der Waals surface area contributed by atoms with E-state index in [1.165, 1.54) is 37.5 Å². The van der Waals surface area contributed by atoms with Crippen LogP contribution in [0.4, 0.5) is 11.4 Å². The van der Waals surface area contributed by atoms with Gasteiger partial charge in [0.25, 0.3) is 11.6 Å². The summed E-state index contributed by atoms with van der Waals surface area (Å²) in [5.41, 5.74) is 1.26. The summed E-state index contributed by atoms with van der Waals surface area (Å²) in [6, 6.07) is 23.3. The Morgan fingerprint density at radius 3 is 2.47 bits per heavy atom. The van der Waals surface area contributed by atoms with Crippen LogP contribution < -0.4 is 14.8 Å². The maximum absolute atomic E-state index is 13.0. The summed E-state index contributed by atoms with van der Waals surface area (Å²) in [4.78, 5) is 36.2. The van der Waals surface area contributed by atoms with Crippen molar-refractivity contribution < 1.29 is 24.0 Å². The van der Waals surface area contributed by atoms with Crippen LogP contribution in [0.15, 0.2) is 84.4 Å². The van der Waals surface area contributed by atoms with Crippen LogP contribution in [0.1, 0.15) is 21.5 Å². The highest BCUT2D eigenvalue weighted by Gasteiger charge is 2.17. The first-order valence-electron chi connectivity index (χ1n) is 11.4. The molecule has 0 radical (unpaired) electrons. The van der Waals surface area contributed by atoms with E-state index in [-0.39, 0.29) is 17.0 Å². The third kappa shape index (κ3) is 5.50.